The van der Waals surface area contributed by atoms with Crippen molar-refractivity contribution in [1.29, 1.82) is 0 Å². The third-order valence-electron chi connectivity index (χ3n) is 3.48. The molecule has 0 bridgehead atoms. The van der Waals surface area contributed by atoms with E-state index in [-0.39, 0.29) is 17.8 Å². The molecule has 0 heterocycles. The molecule has 0 radical (unpaired) electrons. The van der Waals surface area contributed by atoms with E-state index in [2.05, 4.69) is 20.8 Å². The first-order valence-electron chi connectivity index (χ1n) is 6.40. The van der Waals surface area contributed by atoms with E-state index in [1.807, 2.05) is 6.07 Å². The van der Waals surface area contributed by atoms with Crippen molar-refractivity contribution < 1.29 is 9.50 Å². The van der Waals surface area contributed by atoms with Gasteiger partial charge in [0, 0.05) is 12.0 Å². The summed E-state index contributed by atoms with van der Waals surface area (Å²) in [6.45, 7) is 6.72. The molecule has 0 amide bonds. The lowest BCUT2D eigenvalue weighted by Crippen LogP contribution is -2.39. The van der Waals surface area contributed by atoms with Crippen LogP contribution in [0.5, 0.6) is 0 Å². The average molecular weight is 253 g/mol. The van der Waals surface area contributed by atoms with Gasteiger partial charge in [0.2, 0.25) is 0 Å². The maximum Gasteiger partial charge on any atom is 0.123 e. The Hall–Kier alpha value is -0.930. The normalized spacial score (nSPS) is 15.4. The molecule has 18 heavy (non-hydrogen) atoms. The zero-order valence-electron chi connectivity index (χ0n) is 11.5. The Labute approximate surface area is 109 Å². The molecule has 3 N–H and O–H groups in total. The molecule has 0 aliphatic heterocycles. The first-order chi connectivity index (χ1) is 8.33. The van der Waals surface area contributed by atoms with Gasteiger partial charge in [-0.25, -0.2) is 4.39 Å². The predicted octanol–water partition coefficient (Wildman–Crippen LogP) is 2.84. The molecule has 1 unspecified atom stereocenters. The zero-order chi connectivity index (χ0) is 13.8. The van der Waals surface area contributed by atoms with Gasteiger partial charge in [-0.1, -0.05) is 32.9 Å². The number of halogens is 1. The van der Waals surface area contributed by atoms with Gasteiger partial charge in [0.25, 0.3) is 0 Å². The number of aliphatic hydroxyl groups excluding tert-OH is 1. The number of rotatable bonds is 5. The monoisotopic (exact) mass is 253 g/mol. The van der Waals surface area contributed by atoms with Gasteiger partial charge in [-0.3, -0.25) is 0 Å². The van der Waals surface area contributed by atoms with Crippen LogP contribution in [0.4, 0.5) is 4.39 Å². The Morgan fingerprint density at radius 1 is 1.22 bits per heavy atom. The SMILES string of the molecule is CC(C)(C)CCC(CN)(CO)c1cccc(F)c1. The highest BCUT2D eigenvalue weighted by molar-refractivity contribution is 5.27. The third-order valence-corrected chi connectivity index (χ3v) is 3.48. The van der Waals surface area contributed by atoms with E-state index in [1.54, 1.807) is 6.07 Å². The Bertz CT molecular complexity index is 380. The van der Waals surface area contributed by atoms with Crippen LogP contribution >= 0.6 is 0 Å². The largest absolute Gasteiger partial charge is 0.395 e. The van der Waals surface area contributed by atoms with Crippen molar-refractivity contribution in [2.75, 3.05) is 13.2 Å². The van der Waals surface area contributed by atoms with E-state index < -0.39 is 5.41 Å². The lowest BCUT2D eigenvalue weighted by molar-refractivity contribution is 0.170. The van der Waals surface area contributed by atoms with Crippen molar-refractivity contribution in [1.82, 2.24) is 0 Å². The number of nitrogens with two attached hydrogens (primary N) is 1. The zero-order valence-corrected chi connectivity index (χ0v) is 11.5. The number of hydrogen-bond donors (Lipinski definition) is 2. The Balaban J connectivity index is 2.99. The summed E-state index contributed by atoms with van der Waals surface area (Å²) < 4.78 is 13.3. The highest BCUT2D eigenvalue weighted by Crippen LogP contribution is 2.33. The quantitative estimate of drug-likeness (QED) is 0.847. The van der Waals surface area contributed by atoms with Gasteiger partial charge in [-0.2, -0.15) is 0 Å². The fraction of sp³-hybridized carbons (Fsp3) is 0.600. The third kappa shape index (κ3) is 3.79. The first kappa shape index (κ1) is 15.1. The fourth-order valence-corrected chi connectivity index (χ4v) is 2.03. The molecule has 1 aromatic rings. The summed E-state index contributed by atoms with van der Waals surface area (Å²) in [5.41, 5.74) is 6.27. The van der Waals surface area contributed by atoms with Crippen LogP contribution in [0.2, 0.25) is 0 Å². The summed E-state index contributed by atoms with van der Waals surface area (Å²) in [5, 5.41) is 9.72. The van der Waals surface area contributed by atoms with Gasteiger partial charge >= 0.3 is 0 Å². The van der Waals surface area contributed by atoms with E-state index in [0.29, 0.717) is 6.54 Å². The molecule has 1 rings (SSSR count). The van der Waals surface area contributed by atoms with Crippen LogP contribution in [0.1, 0.15) is 39.2 Å². The molecule has 102 valence electrons. The van der Waals surface area contributed by atoms with Crippen molar-refractivity contribution in [2.24, 2.45) is 11.1 Å². The van der Waals surface area contributed by atoms with Crippen molar-refractivity contribution in [3.8, 4) is 0 Å². The van der Waals surface area contributed by atoms with Gasteiger partial charge in [0.05, 0.1) is 6.61 Å². The van der Waals surface area contributed by atoms with E-state index in [0.717, 1.165) is 18.4 Å². The summed E-state index contributed by atoms with van der Waals surface area (Å²) >= 11 is 0. The van der Waals surface area contributed by atoms with Crippen LogP contribution in [0.3, 0.4) is 0 Å². The maximum absolute atomic E-state index is 13.3. The smallest absolute Gasteiger partial charge is 0.123 e. The summed E-state index contributed by atoms with van der Waals surface area (Å²) in [6.07, 6.45) is 1.69. The van der Waals surface area contributed by atoms with Crippen LogP contribution in [-0.2, 0) is 5.41 Å². The molecule has 0 aromatic heterocycles. The van der Waals surface area contributed by atoms with Crippen LogP contribution < -0.4 is 5.73 Å². The summed E-state index contributed by atoms with van der Waals surface area (Å²) in [5.74, 6) is -0.283. The number of hydrogen-bond acceptors (Lipinski definition) is 2. The molecular formula is C15H24FNO. The lowest BCUT2D eigenvalue weighted by atomic mass is 9.73. The Morgan fingerprint density at radius 2 is 1.89 bits per heavy atom. The van der Waals surface area contributed by atoms with Crippen molar-refractivity contribution in [2.45, 2.75) is 39.0 Å². The van der Waals surface area contributed by atoms with E-state index in [1.165, 1.54) is 12.1 Å². The van der Waals surface area contributed by atoms with Crippen LogP contribution in [0, 0.1) is 11.2 Å². The predicted molar refractivity (Wildman–Crippen MR) is 72.9 cm³/mol. The molecule has 0 fully saturated rings. The van der Waals surface area contributed by atoms with Gasteiger partial charge in [0.15, 0.2) is 0 Å². The molecule has 0 saturated heterocycles. The Kier molecular flexibility index (Phi) is 4.88. The van der Waals surface area contributed by atoms with Crippen LogP contribution in [-0.4, -0.2) is 18.3 Å². The Morgan fingerprint density at radius 3 is 2.33 bits per heavy atom. The second-order valence-electron chi connectivity index (χ2n) is 6.21. The number of benzene rings is 1. The maximum atomic E-state index is 13.3. The minimum atomic E-state index is -0.532. The van der Waals surface area contributed by atoms with Crippen molar-refractivity contribution >= 4 is 0 Å². The van der Waals surface area contributed by atoms with Crippen LogP contribution in [0.25, 0.3) is 0 Å². The van der Waals surface area contributed by atoms with E-state index >= 15 is 0 Å². The summed E-state index contributed by atoms with van der Waals surface area (Å²) in [4.78, 5) is 0. The minimum Gasteiger partial charge on any atom is -0.395 e. The fourth-order valence-electron chi connectivity index (χ4n) is 2.03. The second-order valence-corrected chi connectivity index (χ2v) is 6.21. The van der Waals surface area contributed by atoms with Gasteiger partial charge in [0.1, 0.15) is 5.82 Å². The van der Waals surface area contributed by atoms with E-state index in [9.17, 15) is 9.50 Å². The van der Waals surface area contributed by atoms with Crippen molar-refractivity contribution in [3.05, 3.63) is 35.6 Å². The average Bonchev–Trinajstić information content (AvgIpc) is 2.30. The standard InChI is InChI=1S/C15H24FNO/c1-14(2,3)7-8-15(10-17,11-18)12-5-4-6-13(16)9-12/h4-6,9,18H,7-8,10-11,17H2,1-3H3. The van der Waals surface area contributed by atoms with Crippen molar-refractivity contribution in [3.63, 3.8) is 0 Å². The van der Waals surface area contributed by atoms with Gasteiger partial charge in [-0.15, -0.1) is 0 Å². The molecule has 0 spiro atoms. The first-order valence-corrected chi connectivity index (χ1v) is 6.40. The molecule has 0 aliphatic carbocycles. The molecular weight excluding hydrogens is 229 g/mol. The molecule has 1 aromatic carbocycles. The summed E-state index contributed by atoms with van der Waals surface area (Å²) in [6, 6.07) is 6.40. The number of aliphatic hydroxyl groups is 1. The van der Waals surface area contributed by atoms with Crippen LogP contribution in [0.15, 0.2) is 24.3 Å². The molecule has 1 atom stereocenters. The second kappa shape index (κ2) is 5.81. The van der Waals surface area contributed by atoms with Gasteiger partial charge in [-0.05, 0) is 36.0 Å². The molecule has 3 heteroatoms. The highest BCUT2D eigenvalue weighted by atomic mass is 19.1. The minimum absolute atomic E-state index is 0.0525. The van der Waals surface area contributed by atoms with Gasteiger partial charge < -0.3 is 10.8 Å². The molecule has 0 saturated carbocycles. The topological polar surface area (TPSA) is 46.2 Å². The summed E-state index contributed by atoms with van der Waals surface area (Å²) in [7, 11) is 0. The lowest BCUT2D eigenvalue weighted by Gasteiger charge is -2.34. The molecule has 2 nitrogen and oxygen atoms in total. The molecule has 0 aliphatic rings. The highest BCUT2D eigenvalue weighted by Gasteiger charge is 2.31. The van der Waals surface area contributed by atoms with E-state index in [4.69, 9.17) is 5.73 Å².